The maximum atomic E-state index is 5.89. The lowest BCUT2D eigenvalue weighted by Crippen LogP contribution is -1.96. The number of hydrogen-bond acceptors (Lipinski definition) is 4. The molecule has 4 heteroatoms. The van der Waals surface area contributed by atoms with Crippen LogP contribution in [0.4, 0.5) is 5.69 Å². The second-order valence-corrected chi connectivity index (χ2v) is 7.91. The molecule has 0 aliphatic rings. The molecule has 0 spiro atoms. The Labute approximate surface area is 149 Å². The van der Waals surface area contributed by atoms with Crippen LogP contribution < -0.4 is 5.73 Å². The average Bonchev–Trinajstić information content (AvgIpc) is 3.03. The number of thioether (sulfide) groups is 1. The maximum Gasteiger partial charge on any atom is 0.152 e. The molecule has 0 saturated heterocycles. The van der Waals surface area contributed by atoms with E-state index in [1.165, 1.54) is 11.1 Å². The zero-order valence-electron chi connectivity index (χ0n) is 12.9. The van der Waals surface area contributed by atoms with Crippen LogP contribution in [0.15, 0.2) is 83.2 Å². The first-order valence-corrected chi connectivity index (χ1v) is 9.42. The van der Waals surface area contributed by atoms with Crippen molar-refractivity contribution >= 4 is 39.0 Å². The summed E-state index contributed by atoms with van der Waals surface area (Å²) in [5.41, 5.74) is 10.3. The Morgan fingerprint density at radius 3 is 2.08 bits per heavy atom. The van der Waals surface area contributed by atoms with Gasteiger partial charge in [0.2, 0.25) is 0 Å². The van der Waals surface area contributed by atoms with Gasteiger partial charge in [-0.15, -0.1) is 11.3 Å². The van der Waals surface area contributed by atoms with Crippen molar-refractivity contribution in [3.8, 4) is 0 Å². The fourth-order valence-corrected chi connectivity index (χ4v) is 5.09. The molecule has 1 heterocycles. The third kappa shape index (κ3) is 3.16. The number of nitrogen functional groups attached to an aromatic ring is 1. The molecule has 4 rings (SSSR count). The molecule has 0 saturated carbocycles. The highest BCUT2D eigenvalue weighted by Crippen LogP contribution is 2.43. The Balaban J connectivity index is 1.73. The van der Waals surface area contributed by atoms with E-state index in [1.54, 1.807) is 23.1 Å². The molecule has 0 amide bonds. The molecule has 0 unspecified atom stereocenters. The molecule has 0 fully saturated rings. The first-order chi connectivity index (χ1) is 11.8. The van der Waals surface area contributed by atoms with Gasteiger partial charge in [-0.1, -0.05) is 72.4 Å². The van der Waals surface area contributed by atoms with Gasteiger partial charge in [0, 0.05) is 5.69 Å². The highest BCUT2D eigenvalue weighted by molar-refractivity contribution is 8.01. The Kier molecular flexibility index (Phi) is 4.24. The number of benzene rings is 3. The van der Waals surface area contributed by atoms with Crippen LogP contribution in [0.2, 0.25) is 0 Å². The summed E-state index contributed by atoms with van der Waals surface area (Å²) < 4.78 is 2.20. The number of nitrogens with zero attached hydrogens (tertiary/aromatic N) is 1. The Morgan fingerprint density at radius 1 is 0.833 bits per heavy atom. The minimum Gasteiger partial charge on any atom is -0.399 e. The minimum atomic E-state index is 0.227. The van der Waals surface area contributed by atoms with Crippen LogP contribution in [0.25, 0.3) is 10.2 Å². The van der Waals surface area contributed by atoms with Crippen LogP contribution in [-0.2, 0) is 0 Å². The van der Waals surface area contributed by atoms with E-state index >= 15 is 0 Å². The summed E-state index contributed by atoms with van der Waals surface area (Å²) in [5, 5.41) is 0.227. The Hall–Kier alpha value is -2.30. The predicted octanol–water partition coefficient (Wildman–Crippen LogP) is 5.76. The summed E-state index contributed by atoms with van der Waals surface area (Å²) in [4.78, 5) is 4.77. The highest BCUT2D eigenvalue weighted by Gasteiger charge is 2.17. The molecule has 2 N–H and O–H groups in total. The van der Waals surface area contributed by atoms with Gasteiger partial charge in [0.25, 0.3) is 0 Å². The highest BCUT2D eigenvalue weighted by atomic mass is 32.2. The summed E-state index contributed by atoms with van der Waals surface area (Å²) in [5.74, 6) is 0. The second kappa shape index (κ2) is 6.67. The number of aromatic nitrogens is 1. The molecule has 0 atom stereocenters. The fraction of sp³-hybridized carbons (Fsp3) is 0.0500. The summed E-state index contributed by atoms with van der Waals surface area (Å²) in [6.45, 7) is 0. The summed E-state index contributed by atoms with van der Waals surface area (Å²) in [6.07, 6.45) is 0. The van der Waals surface area contributed by atoms with E-state index in [1.807, 2.05) is 18.2 Å². The van der Waals surface area contributed by atoms with E-state index in [4.69, 9.17) is 10.7 Å². The van der Waals surface area contributed by atoms with E-state index < -0.39 is 0 Å². The largest absolute Gasteiger partial charge is 0.399 e. The number of anilines is 1. The standard InChI is InChI=1S/C20H16N2S2/c21-16-11-12-17-18(13-16)23-20(22-17)24-19(14-7-3-1-4-8-14)15-9-5-2-6-10-15/h1-13,19H,21H2. The van der Waals surface area contributed by atoms with Crippen molar-refractivity contribution in [2.45, 2.75) is 9.59 Å². The van der Waals surface area contributed by atoms with Crippen LogP contribution in [0.3, 0.4) is 0 Å². The normalized spacial score (nSPS) is 11.2. The second-order valence-electron chi connectivity index (χ2n) is 5.53. The molecule has 1 aromatic heterocycles. The smallest absolute Gasteiger partial charge is 0.152 e. The monoisotopic (exact) mass is 348 g/mol. The molecule has 0 bridgehead atoms. The Morgan fingerprint density at radius 2 is 1.46 bits per heavy atom. The molecule has 0 radical (unpaired) electrons. The van der Waals surface area contributed by atoms with Crippen LogP contribution in [0.1, 0.15) is 16.4 Å². The quantitative estimate of drug-likeness (QED) is 0.376. The van der Waals surface area contributed by atoms with Gasteiger partial charge >= 0.3 is 0 Å². The van der Waals surface area contributed by atoms with Crippen LogP contribution in [-0.4, -0.2) is 4.98 Å². The van der Waals surface area contributed by atoms with E-state index in [2.05, 4.69) is 60.7 Å². The molecular formula is C20H16N2S2. The topological polar surface area (TPSA) is 38.9 Å². The van der Waals surface area contributed by atoms with Gasteiger partial charge in [-0.05, 0) is 29.3 Å². The van der Waals surface area contributed by atoms with Gasteiger partial charge in [0.15, 0.2) is 4.34 Å². The molecule has 118 valence electrons. The lowest BCUT2D eigenvalue weighted by molar-refractivity contribution is 1.14. The van der Waals surface area contributed by atoms with Gasteiger partial charge in [-0.25, -0.2) is 4.98 Å². The van der Waals surface area contributed by atoms with Crippen molar-refractivity contribution in [2.24, 2.45) is 0 Å². The van der Waals surface area contributed by atoms with E-state index in [-0.39, 0.29) is 5.25 Å². The Bertz CT molecular complexity index is 910. The third-order valence-corrected chi connectivity index (χ3v) is 6.24. The summed E-state index contributed by atoms with van der Waals surface area (Å²) >= 11 is 3.49. The number of fused-ring (bicyclic) bond motifs is 1. The summed E-state index contributed by atoms with van der Waals surface area (Å²) in [7, 11) is 0. The van der Waals surface area contributed by atoms with Crippen LogP contribution in [0.5, 0.6) is 0 Å². The molecule has 2 nitrogen and oxygen atoms in total. The number of hydrogen-bond donors (Lipinski definition) is 1. The van der Waals surface area contributed by atoms with Gasteiger partial charge in [-0.2, -0.15) is 0 Å². The van der Waals surface area contributed by atoms with Crippen molar-refractivity contribution in [3.05, 3.63) is 90.0 Å². The van der Waals surface area contributed by atoms with Gasteiger partial charge in [-0.3, -0.25) is 0 Å². The van der Waals surface area contributed by atoms with Crippen LogP contribution >= 0.6 is 23.1 Å². The lowest BCUT2D eigenvalue weighted by atomic mass is 10.0. The minimum absolute atomic E-state index is 0.227. The average molecular weight is 348 g/mol. The van der Waals surface area contributed by atoms with Gasteiger partial charge < -0.3 is 5.73 Å². The molecule has 3 aromatic carbocycles. The van der Waals surface area contributed by atoms with Crippen molar-refractivity contribution in [3.63, 3.8) is 0 Å². The van der Waals surface area contributed by atoms with Gasteiger partial charge in [0.1, 0.15) is 0 Å². The van der Waals surface area contributed by atoms with Crippen molar-refractivity contribution < 1.29 is 0 Å². The van der Waals surface area contributed by atoms with E-state index in [9.17, 15) is 0 Å². The molecule has 0 aliphatic heterocycles. The molecule has 0 aliphatic carbocycles. The number of rotatable bonds is 4. The number of thiazole rings is 1. The molecular weight excluding hydrogens is 332 g/mol. The lowest BCUT2D eigenvalue weighted by Gasteiger charge is -2.16. The third-order valence-electron chi connectivity index (χ3n) is 3.82. The fourth-order valence-electron chi connectivity index (χ4n) is 2.66. The van der Waals surface area contributed by atoms with Gasteiger partial charge in [0.05, 0.1) is 15.5 Å². The number of nitrogens with two attached hydrogens (primary N) is 1. The van der Waals surface area contributed by atoms with E-state index in [0.717, 1.165) is 20.2 Å². The zero-order valence-corrected chi connectivity index (χ0v) is 14.6. The van der Waals surface area contributed by atoms with Crippen LogP contribution in [0, 0.1) is 0 Å². The zero-order chi connectivity index (χ0) is 16.4. The summed E-state index contributed by atoms with van der Waals surface area (Å²) in [6, 6.07) is 27.1. The maximum absolute atomic E-state index is 5.89. The SMILES string of the molecule is Nc1ccc2nc(SC(c3ccccc3)c3ccccc3)sc2c1. The molecule has 24 heavy (non-hydrogen) atoms. The predicted molar refractivity (Wildman–Crippen MR) is 105 cm³/mol. The van der Waals surface area contributed by atoms with Crippen molar-refractivity contribution in [2.75, 3.05) is 5.73 Å². The first-order valence-electron chi connectivity index (χ1n) is 7.72. The van der Waals surface area contributed by atoms with Crippen molar-refractivity contribution in [1.29, 1.82) is 0 Å². The van der Waals surface area contributed by atoms with E-state index in [0.29, 0.717) is 0 Å². The molecule has 4 aromatic rings. The first kappa shape index (κ1) is 15.2. The van der Waals surface area contributed by atoms with Crippen molar-refractivity contribution in [1.82, 2.24) is 4.98 Å².